The summed E-state index contributed by atoms with van der Waals surface area (Å²) in [5.74, 6) is 0.529. The van der Waals surface area contributed by atoms with Gasteiger partial charge in [0.15, 0.2) is 0 Å². The van der Waals surface area contributed by atoms with Crippen LogP contribution in [0.15, 0.2) is 42.3 Å². The summed E-state index contributed by atoms with van der Waals surface area (Å²) in [6.07, 6.45) is 10.7. The predicted molar refractivity (Wildman–Crippen MR) is 128 cm³/mol. The van der Waals surface area contributed by atoms with Gasteiger partial charge in [-0.2, -0.15) is 6.08 Å². The van der Waals surface area contributed by atoms with Crippen molar-refractivity contribution in [2.45, 2.75) is 29.9 Å². The maximum Gasteiger partial charge on any atom is 0.343 e. The maximum absolute atomic E-state index is 13.2. The quantitative estimate of drug-likeness (QED) is 0.220. The Bertz CT molecular complexity index is 1040. The molecule has 0 saturated heterocycles. The molecule has 1 amide bonds. The topological polar surface area (TPSA) is 55.2 Å². The Morgan fingerprint density at radius 3 is 3.00 bits per heavy atom. The third kappa shape index (κ3) is 5.17. The van der Waals surface area contributed by atoms with Crippen LogP contribution < -0.4 is 10.2 Å². The first-order valence-corrected chi connectivity index (χ1v) is 12.3. The third-order valence-electron chi connectivity index (χ3n) is 5.33. The standard InChI is InChI=1S/C23H24IN3O3.U/c1-4-25-18-7-8-19-23(15(18)2)17-12-16(29-3)6-9-20(17)30-14-22(28)27(19)13-21-24-10-5-11-26-21;/h5,7-12,17,20-21,26H,13-14H2,1-3H3;/t17-,20-,21?;/m1./s1. The third-order valence-corrected chi connectivity index (χ3v) is 7.78. The zero-order valence-electron chi connectivity index (χ0n) is 17.7. The number of carbonyl (C=O) groups excluding carboxylic acids is 1. The summed E-state index contributed by atoms with van der Waals surface area (Å²) in [7, 11) is 1.63. The van der Waals surface area contributed by atoms with Crippen molar-refractivity contribution in [1.82, 2.24) is 5.32 Å². The second-order valence-corrected chi connectivity index (χ2v) is 10.0. The molecule has 0 fully saturated rings. The molecule has 2 aliphatic heterocycles. The molecule has 0 radical (unpaired) electrons. The first-order chi connectivity index (χ1) is 14.6. The Labute approximate surface area is 216 Å². The number of methoxy groups -OCH3 is 1. The summed E-state index contributed by atoms with van der Waals surface area (Å²) in [6.45, 7) is 4.45. The molecule has 1 aromatic rings. The fourth-order valence-corrected chi connectivity index (χ4v) is 5.88. The van der Waals surface area contributed by atoms with Gasteiger partial charge in [0, 0.05) is 48.4 Å². The Morgan fingerprint density at radius 2 is 2.29 bits per heavy atom. The zero-order chi connectivity index (χ0) is 21.1. The van der Waals surface area contributed by atoms with Gasteiger partial charge in [-0.25, -0.2) is 6.08 Å². The Morgan fingerprint density at radius 1 is 1.45 bits per heavy atom. The molecule has 3 aliphatic rings. The first kappa shape index (κ1) is 24.3. The minimum absolute atomic E-state index is 0. The van der Waals surface area contributed by atoms with Crippen LogP contribution >= 0.6 is 20.7 Å². The number of halogens is 1. The van der Waals surface area contributed by atoms with Crippen molar-refractivity contribution in [1.29, 1.82) is 0 Å². The molecule has 0 saturated carbocycles. The number of hydrogen-bond donors (Lipinski definition) is 1. The average Bonchev–Trinajstić information content (AvgIpc) is 2.77. The van der Waals surface area contributed by atoms with E-state index in [2.05, 4.69) is 26.3 Å². The summed E-state index contributed by atoms with van der Waals surface area (Å²) in [5.41, 5.74) is 3.80. The molecule has 1 aromatic carbocycles. The molecule has 4 rings (SSSR count). The van der Waals surface area contributed by atoms with Crippen molar-refractivity contribution in [2.75, 3.05) is 25.2 Å². The van der Waals surface area contributed by atoms with Crippen LogP contribution in [0.4, 0.5) is 11.4 Å². The van der Waals surface area contributed by atoms with Crippen molar-refractivity contribution in [3.05, 3.63) is 64.4 Å². The van der Waals surface area contributed by atoms with Gasteiger partial charge in [-0.1, -0.05) is 26.5 Å². The number of benzene rings is 1. The van der Waals surface area contributed by atoms with Crippen molar-refractivity contribution >= 4 is 42.0 Å². The molecule has 0 bridgehead atoms. The number of hydrogen-bond acceptors (Lipinski definition) is 4. The van der Waals surface area contributed by atoms with E-state index in [4.69, 9.17) is 9.47 Å². The van der Waals surface area contributed by atoms with Crippen LogP contribution in [0.1, 0.15) is 24.0 Å². The summed E-state index contributed by atoms with van der Waals surface area (Å²) in [6, 6.07) is 6.84. The zero-order valence-corrected chi connectivity index (χ0v) is 24.0. The van der Waals surface area contributed by atoms with E-state index in [0.29, 0.717) is 12.3 Å². The van der Waals surface area contributed by atoms with Crippen LogP contribution in [0.25, 0.3) is 4.85 Å². The van der Waals surface area contributed by atoms with Gasteiger partial charge in [0.25, 0.3) is 12.0 Å². The Kier molecular flexibility index (Phi) is 8.58. The largest absolute Gasteiger partial charge is 0.535 e. The monoisotopic (exact) mass is 755 g/mol. The SMILES string of the molecule is CC#[N+]c1ccc2c(c1C)[C@@H]1C=C(OC)[C-]=C[C@H]1OCC(=O)N2CC1NC=CC=I1.[U]. The van der Waals surface area contributed by atoms with Gasteiger partial charge in [-0.3, -0.25) is 4.79 Å². The number of fused-ring (bicyclic) bond motifs is 3. The van der Waals surface area contributed by atoms with E-state index in [0.717, 1.165) is 22.5 Å². The number of rotatable bonds is 3. The van der Waals surface area contributed by atoms with Gasteiger partial charge in [0.1, 0.15) is 6.61 Å². The molecule has 0 aromatic heterocycles. The molecule has 8 heteroatoms. The molecular weight excluding hydrogens is 731 g/mol. The van der Waals surface area contributed by atoms with E-state index >= 15 is 0 Å². The van der Waals surface area contributed by atoms with Crippen molar-refractivity contribution < 1.29 is 45.4 Å². The molecule has 3 atom stereocenters. The summed E-state index contributed by atoms with van der Waals surface area (Å²) < 4.78 is 14.0. The minimum atomic E-state index is -0.284. The number of amides is 1. The normalized spacial score (nSPS) is 24.0. The molecule has 1 N–H and O–H groups in total. The average molecular weight is 755 g/mol. The van der Waals surface area contributed by atoms with E-state index in [1.54, 1.807) is 14.0 Å². The van der Waals surface area contributed by atoms with Crippen molar-refractivity contribution in [2.24, 2.45) is 0 Å². The number of nitrogens with one attached hydrogen (secondary N) is 1. The first-order valence-electron chi connectivity index (χ1n) is 9.77. The van der Waals surface area contributed by atoms with E-state index in [1.807, 2.05) is 48.4 Å². The molecule has 31 heavy (non-hydrogen) atoms. The molecule has 2 heterocycles. The number of anilines is 1. The van der Waals surface area contributed by atoms with Gasteiger partial charge in [0.05, 0.1) is 30.7 Å². The number of allylic oxidation sites excluding steroid dienone is 2. The number of carbonyl (C=O) groups is 1. The van der Waals surface area contributed by atoms with Gasteiger partial charge in [-0.05, 0) is 45.6 Å². The fourth-order valence-electron chi connectivity index (χ4n) is 3.90. The molecule has 1 unspecified atom stereocenters. The van der Waals surface area contributed by atoms with E-state index in [1.165, 1.54) is 0 Å². The van der Waals surface area contributed by atoms with Crippen molar-refractivity contribution in [3.8, 4) is 6.07 Å². The summed E-state index contributed by atoms with van der Waals surface area (Å²) >= 11 is -0.185. The number of nitrogens with zero attached hydrogens (tertiary/aromatic N) is 2. The van der Waals surface area contributed by atoms with Crippen LogP contribution in [-0.4, -0.2) is 40.3 Å². The second-order valence-electron chi connectivity index (χ2n) is 7.07. The summed E-state index contributed by atoms with van der Waals surface area (Å²) in [5, 5.41) is 3.40. The van der Waals surface area contributed by atoms with Crippen LogP contribution in [0.5, 0.6) is 0 Å². The molecule has 1 aliphatic carbocycles. The van der Waals surface area contributed by atoms with Gasteiger partial charge in [-0.15, -0.1) is 6.08 Å². The van der Waals surface area contributed by atoms with E-state index < -0.39 is 0 Å². The summed E-state index contributed by atoms with van der Waals surface area (Å²) in [4.78, 5) is 19.4. The van der Waals surface area contributed by atoms with E-state index in [9.17, 15) is 4.79 Å². The molecule has 160 valence electrons. The molecular formula is C23H24IN3O3U. The predicted octanol–water partition coefficient (Wildman–Crippen LogP) is 3.91. The van der Waals surface area contributed by atoms with E-state index in [-0.39, 0.29) is 80.4 Å². The Balaban J connectivity index is 0.00000272. The molecule has 0 spiro atoms. The van der Waals surface area contributed by atoms with Gasteiger partial charge in [0.2, 0.25) is 0 Å². The van der Waals surface area contributed by atoms with Crippen LogP contribution in [0.3, 0.4) is 0 Å². The Hall–Kier alpha value is -1.39. The van der Waals surface area contributed by atoms with Crippen LogP contribution in [-0.2, 0) is 14.3 Å². The maximum atomic E-state index is 13.2. The fraction of sp³-hybridized carbons (Fsp3) is 0.348. The minimum Gasteiger partial charge on any atom is -0.535 e. The smallest absolute Gasteiger partial charge is 0.343 e. The number of alkyl halides is 1. The molecule has 6 nitrogen and oxygen atoms in total. The van der Waals surface area contributed by atoms with Gasteiger partial charge >= 0.3 is 5.69 Å². The van der Waals surface area contributed by atoms with Crippen molar-refractivity contribution in [3.63, 3.8) is 0 Å². The van der Waals surface area contributed by atoms with Crippen LogP contribution in [0, 0.1) is 50.2 Å². The van der Waals surface area contributed by atoms with Gasteiger partial charge < -0.3 is 19.7 Å². The van der Waals surface area contributed by atoms with Crippen LogP contribution in [0.2, 0.25) is 0 Å². The second kappa shape index (κ2) is 11.0. The number of ether oxygens (including phenoxy) is 2.